The van der Waals surface area contributed by atoms with Crippen LogP contribution in [0.3, 0.4) is 0 Å². The Morgan fingerprint density at radius 1 is 1.21 bits per heavy atom. The second-order valence-corrected chi connectivity index (χ2v) is 7.46. The van der Waals surface area contributed by atoms with Crippen LogP contribution < -0.4 is 10.1 Å². The molecule has 0 saturated heterocycles. The van der Waals surface area contributed by atoms with Crippen LogP contribution in [0.2, 0.25) is 5.02 Å². The van der Waals surface area contributed by atoms with Crippen molar-refractivity contribution in [2.24, 2.45) is 0 Å². The average molecular weight is 393 g/mol. The number of nitrogens with zero attached hydrogens (tertiary/aromatic N) is 1. The van der Waals surface area contributed by atoms with Crippen LogP contribution in [-0.2, 0) is 6.42 Å². The van der Waals surface area contributed by atoms with Gasteiger partial charge in [-0.2, -0.15) is 0 Å². The minimum Gasteiger partial charge on any atom is -0.486 e. The predicted molar refractivity (Wildman–Crippen MR) is 111 cm³/mol. The Bertz CT molecular complexity index is 1020. The van der Waals surface area contributed by atoms with Gasteiger partial charge in [0.2, 0.25) is 0 Å². The van der Waals surface area contributed by atoms with Gasteiger partial charge in [0.15, 0.2) is 5.75 Å². The van der Waals surface area contributed by atoms with E-state index in [0.717, 1.165) is 27.9 Å². The van der Waals surface area contributed by atoms with Crippen molar-refractivity contribution in [1.29, 1.82) is 0 Å². The lowest BCUT2D eigenvalue weighted by Crippen LogP contribution is -2.29. The highest BCUT2D eigenvalue weighted by Crippen LogP contribution is 2.37. The molecule has 0 radical (unpaired) electrons. The highest BCUT2D eigenvalue weighted by molar-refractivity contribution is 6.33. The lowest BCUT2D eigenvalue weighted by Gasteiger charge is -2.17. The van der Waals surface area contributed by atoms with Crippen molar-refractivity contribution in [3.8, 4) is 17.0 Å². The van der Waals surface area contributed by atoms with Crippen LogP contribution in [0, 0.1) is 6.92 Å². The summed E-state index contributed by atoms with van der Waals surface area (Å²) < 4.78 is 5.89. The van der Waals surface area contributed by atoms with Crippen molar-refractivity contribution in [1.82, 2.24) is 10.3 Å². The van der Waals surface area contributed by atoms with E-state index in [2.05, 4.69) is 34.6 Å². The number of nitrogens with one attached hydrogen (secondary N) is 1. The number of pyridine rings is 1. The Balaban J connectivity index is 1.65. The molecule has 1 amide bonds. The molecule has 1 aliphatic heterocycles. The molecule has 4 rings (SSSR count). The molecule has 1 N–H and O–H groups in total. The van der Waals surface area contributed by atoms with Gasteiger partial charge < -0.3 is 10.1 Å². The van der Waals surface area contributed by atoms with Crippen LogP contribution in [0.1, 0.15) is 34.0 Å². The molecular formula is C23H21ClN2O2. The first-order valence-corrected chi connectivity index (χ1v) is 9.68. The largest absolute Gasteiger partial charge is 0.486 e. The molecule has 142 valence electrons. The summed E-state index contributed by atoms with van der Waals surface area (Å²) in [5.74, 6) is 0.337. The van der Waals surface area contributed by atoms with Crippen LogP contribution in [-0.4, -0.2) is 23.5 Å². The maximum Gasteiger partial charge on any atom is 0.255 e. The number of aromatic nitrogens is 1. The monoisotopic (exact) mass is 392 g/mol. The summed E-state index contributed by atoms with van der Waals surface area (Å²) in [7, 11) is 0. The molecule has 0 fully saturated rings. The Hall–Kier alpha value is -2.85. The molecule has 0 aliphatic carbocycles. The molecule has 0 bridgehead atoms. The van der Waals surface area contributed by atoms with E-state index in [4.69, 9.17) is 16.3 Å². The van der Waals surface area contributed by atoms with Crippen molar-refractivity contribution in [2.75, 3.05) is 6.54 Å². The van der Waals surface area contributed by atoms with Crippen LogP contribution in [0.5, 0.6) is 5.75 Å². The number of carbonyl (C=O) groups excluding carboxylic acids is 1. The smallest absolute Gasteiger partial charge is 0.255 e. The molecular weight excluding hydrogens is 372 g/mol. The van der Waals surface area contributed by atoms with Crippen molar-refractivity contribution < 1.29 is 9.53 Å². The van der Waals surface area contributed by atoms with Gasteiger partial charge in [-0.3, -0.25) is 9.78 Å². The summed E-state index contributed by atoms with van der Waals surface area (Å²) in [6, 6.07) is 16.1. The van der Waals surface area contributed by atoms with Crippen LogP contribution >= 0.6 is 11.6 Å². The molecule has 3 aromatic rings. The number of carbonyl (C=O) groups is 1. The molecule has 1 atom stereocenters. The van der Waals surface area contributed by atoms with Crippen molar-refractivity contribution in [3.05, 3.63) is 82.0 Å². The minimum atomic E-state index is -0.145. The van der Waals surface area contributed by atoms with Crippen molar-refractivity contribution >= 4 is 17.5 Å². The number of ether oxygens (including phenoxy) is 1. The lowest BCUT2D eigenvalue weighted by molar-refractivity contribution is 0.0952. The lowest BCUT2D eigenvalue weighted by atomic mass is 9.96. The maximum absolute atomic E-state index is 12.5. The van der Waals surface area contributed by atoms with E-state index in [9.17, 15) is 4.79 Å². The van der Waals surface area contributed by atoms with Gasteiger partial charge in [0.05, 0.1) is 22.8 Å². The topological polar surface area (TPSA) is 51.2 Å². The fourth-order valence-electron chi connectivity index (χ4n) is 3.37. The zero-order valence-electron chi connectivity index (χ0n) is 15.8. The highest BCUT2D eigenvalue weighted by Gasteiger charge is 2.25. The molecule has 5 heteroatoms. The third-order valence-corrected chi connectivity index (χ3v) is 5.45. The summed E-state index contributed by atoms with van der Waals surface area (Å²) in [5.41, 5.74) is 5.62. The molecule has 0 unspecified atom stereocenters. The first kappa shape index (κ1) is 18.5. The van der Waals surface area contributed by atoms with Gasteiger partial charge in [0.1, 0.15) is 6.10 Å². The van der Waals surface area contributed by atoms with Crippen molar-refractivity contribution in [2.45, 2.75) is 26.4 Å². The Labute approximate surface area is 169 Å². The van der Waals surface area contributed by atoms with E-state index in [1.807, 2.05) is 38.1 Å². The zero-order valence-corrected chi connectivity index (χ0v) is 16.6. The molecule has 28 heavy (non-hydrogen) atoms. The van der Waals surface area contributed by atoms with Gasteiger partial charge in [-0.25, -0.2) is 0 Å². The predicted octanol–water partition coefficient (Wildman–Crippen LogP) is 4.81. The first-order chi connectivity index (χ1) is 13.5. The van der Waals surface area contributed by atoms with Gasteiger partial charge in [-0.15, -0.1) is 0 Å². The number of hydrogen-bond acceptors (Lipinski definition) is 3. The fraction of sp³-hybridized carbons (Fsp3) is 0.217. The summed E-state index contributed by atoms with van der Waals surface area (Å²) in [4.78, 5) is 16.8. The normalized spacial score (nSPS) is 16.0. The third-order valence-electron chi connectivity index (χ3n) is 5.00. The Kier molecular flexibility index (Phi) is 5.05. The third kappa shape index (κ3) is 3.60. The Morgan fingerprint density at radius 3 is 2.71 bits per heavy atom. The second-order valence-electron chi connectivity index (χ2n) is 7.08. The van der Waals surface area contributed by atoms with Gasteiger partial charge in [-0.1, -0.05) is 41.9 Å². The van der Waals surface area contributed by atoms with E-state index >= 15 is 0 Å². The van der Waals surface area contributed by atoms with Gasteiger partial charge >= 0.3 is 0 Å². The summed E-state index contributed by atoms with van der Waals surface area (Å²) >= 11 is 6.58. The number of amides is 1. The molecule has 0 saturated carbocycles. The van der Waals surface area contributed by atoms with Gasteiger partial charge in [-0.05, 0) is 55.2 Å². The van der Waals surface area contributed by atoms with Gasteiger partial charge in [0, 0.05) is 11.8 Å². The molecule has 4 nitrogen and oxygen atoms in total. The van der Waals surface area contributed by atoms with E-state index in [-0.39, 0.29) is 12.0 Å². The Morgan fingerprint density at radius 2 is 2.00 bits per heavy atom. The quantitative estimate of drug-likeness (QED) is 0.695. The SMILES string of the molecule is Cc1c(Cc2ccc(-c3ccccn3)cc2)cc2c(c1Cl)O[C@H](C)CNC2=O. The molecule has 2 heterocycles. The molecule has 2 aromatic carbocycles. The second kappa shape index (κ2) is 7.64. The molecule has 1 aliphatic rings. The summed E-state index contributed by atoms with van der Waals surface area (Å²) in [6.45, 7) is 4.35. The minimum absolute atomic E-state index is 0.118. The summed E-state index contributed by atoms with van der Waals surface area (Å²) in [5, 5.41) is 3.40. The number of rotatable bonds is 3. The highest BCUT2D eigenvalue weighted by atomic mass is 35.5. The van der Waals surface area contributed by atoms with Crippen LogP contribution in [0.15, 0.2) is 54.7 Å². The van der Waals surface area contributed by atoms with Crippen molar-refractivity contribution in [3.63, 3.8) is 0 Å². The number of benzene rings is 2. The van der Waals surface area contributed by atoms with Gasteiger partial charge in [0.25, 0.3) is 5.91 Å². The fourth-order valence-corrected chi connectivity index (χ4v) is 3.63. The first-order valence-electron chi connectivity index (χ1n) is 9.30. The summed E-state index contributed by atoms with van der Waals surface area (Å²) in [6.07, 6.45) is 2.36. The van der Waals surface area contributed by atoms with Crippen LogP contribution in [0.4, 0.5) is 0 Å². The van der Waals surface area contributed by atoms with Crippen LogP contribution in [0.25, 0.3) is 11.3 Å². The van der Waals surface area contributed by atoms with E-state index in [1.54, 1.807) is 6.20 Å². The zero-order chi connectivity index (χ0) is 19.7. The number of hydrogen-bond donors (Lipinski definition) is 1. The van der Waals surface area contributed by atoms with E-state index < -0.39 is 0 Å². The maximum atomic E-state index is 12.5. The average Bonchev–Trinajstić information content (AvgIpc) is 2.86. The van der Waals surface area contributed by atoms with E-state index in [0.29, 0.717) is 29.3 Å². The molecule has 0 spiro atoms. The number of fused-ring (bicyclic) bond motifs is 1. The van der Waals surface area contributed by atoms with E-state index in [1.165, 1.54) is 0 Å². The molecule has 1 aromatic heterocycles. The standard InChI is InChI=1S/C23H21ClN2O2/c1-14-13-26-23(27)19-12-18(15(2)21(24)22(19)28-14)11-16-6-8-17(9-7-16)20-5-3-4-10-25-20/h3-10,12,14H,11,13H2,1-2H3,(H,26,27)/t14-/m1/s1. The number of halogens is 1.